The van der Waals surface area contributed by atoms with Gasteiger partial charge in [0.1, 0.15) is 18.2 Å². The van der Waals surface area contributed by atoms with Crippen molar-refractivity contribution in [1.29, 1.82) is 0 Å². The molecule has 0 aromatic heterocycles. The van der Waals surface area contributed by atoms with E-state index in [1.54, 1.807) is 0 Å². The van der Waals surface area contributed by atoms with Gasteiger partial charge in [-0.15, -0.1) is 0 Å². The molecule has 2 aromatic rings. The highest BCUT2D eigenvalue weighted by atomic mass is 79.9. The lowest BCUT2D eigenvalue weighted by Gasteiger charge is -2.12. The van der Waals surface area contributed by atoms with E-state index >= 15 is 0 Å². The lowest BCUT2D eigenvalue weighted by atomic mass is 10.1. The van der Waals surface area contributed by atoms with Gasteiger partial charge in [-0.05, 0) is 66.9 Å². The van der Waals surface area contributed by atoms with Crippen LogP contribution in [0.3, 0.4) is 0 Å². The molecule has 0 saturated carbocycles. The molecular formula is C17H17BrFNO. The zero-order valence-electron chi connectivity index (χ0n) is 11.8. The summed E-state index contributed by atoms with van der Waals surface area (Å²) in [5.41, 5.74) is 3.51. The van der Waals surface area contributed by atoms with E-state index in [2.05, 4.69) is 33.4 Å². The standard InChI is InChI=1S/C17H17BrFNO/c1-20-17-5-2-12-8-15(3-4-16(12)17)21-10-11-6-13(18)9-14(19)7-11/h3-4,6-9,17,20H,2,5,10H2,1H3. The fraction of sp³-hybridized carbons (Fsp3) is 0.294. The third-order valence-corrected chi connectivity index (χ3v) is 4.33. The normalized spacial score (nSPS) is 16.8. The van der Waals surface area contributed by atoms with Crippen LogP contribution in [-0.2, 0) is 13.0 Å². The topological polar surface area (TPSA) is 21.3 Å². The zero-order valence-corrected chi connectivity index (χ0v) is 13.4. The van der Waals surface area contributed by atoms with E-state index < -0.39 is 0 Å². The molecule has 3 rings (SSSR count). The molecule has 0 heterocycles. The average molecular weight is 350 g/mol. The summed E-state index contributed by atoms with van der Waals surface area (Å²) in [5, 5.41) is 3.32. The molecule has 0 aliphatic heterocycles. The second-order valence-corrected chi connectivity index (χ2v) is 6.22. The minimum absolute atomic E-state index is 0.256. The van der Waals surface area contributed by atoms with Gasteiger partial charge in [-0.1, -0.05) is 22.0 Å². The predicted molar refractivity (Wildman–Crippen MR) is 85.0 cm³/mol. The van der Waals surface area contributed by atoms with Gasteiger partial charge >= 0.3 is 0 Å². The Labute approximate surface area is 132 Å². The molecular weight excluding hydrogens is 333 g/mol. The summed E-state index contributed by atoms with van der Waals surface area (Å²) in [6.45, 7) is 0.366. The summed E-state index contributed by atoms with van der Waals surface area (Å²) in [5.74, 6) is 0.583. The van der Waals surface area contributed by atoms with E-state index in [0.29, 0.717) is 12.6 Å². The number of hydrogen-bond acceptors (Lipinski definition) is 2. The molecule has 1 aliphatic carbocycles. The lowest BCUT2D eigenvalue weighted by Crippen LogP contribution is -2.12. The number of nitrogens with one attached hydrogen (secondary N) is 1. The third kappa shape index (κ3) is 3.27. The number of ether oxygens (including phenoxy) is 1. The molecule has 0 spiro atoms. The van der Waals surface area contributed by atoms with E-state index in [0.717, 1.165) is 28.6 Å². The van der Waals surface area contributed by atoms with Crippen LogP contribution in [-0.4, -0.2) is 7.05 Å². The number of aryl methyl sites for hydroxylation is 1. The van der Waals surface area contributed by atoms with Crippen molar-refractivity contribution in [1.82, 2.24) is 5.32 Å². The maximum atomic E-state index is 13.3. The Hall–Kier alpha value is -1.39. The predicted octanol–water partition coefficient (Wildman–Crippen LogP) is 4.37. The van der Waals surface area contributed by atoms with Crippen molar-refractivity contribution < 1.29 is 9.13 Å². The van der Waals surface area contributed by atoms with E-state index in [4.69, 9.17) is 4.74 Å². The van der Waals surface area contributed by atoms with Gasteiger partial charge in [0.15, 0.2) is 0 Å². The molecule has 1 atom stereocenters. The van der Waals surface area contributed by atoms with Crippen molar-refractivity contribution >= 4 is 15.9 Å². The second-order valence-electron chi connectivity index (χ2n) is 5.31. The number of fused-ring (bicyclic) bond motifs is 1. The van der Waals surface area contributed by atoms with Gasteiger partial charge in [0.25, 0.3) is 0 Å². The maximum absolute atomic E-state index is 13.3. The van der Waals surface area contributed by atoms with E-state index in [1.165, 1.54) is 23.3 Å². The fourth-order valence-corrected chi connectivity index (χ4v) is 3.36. The monoisotopic (exact) mass is 349 g/mol. The first-order valence-corrected chi connectivity index (χ1v) is 7.83. The minimum Gasteiger partial charge on any atom is -0.489 e. The van der Waals surface area contributed by atoms with E-state index in [-0.39, 0.29) is 5.82 Å². The lowest BCUT2D eigenvalue weighted by molar-refractivity contribution is 0.305. The Kier molecular flexibility index (Phi) is 4.27. The van der Waals surface area contributed by atoms with Crippen LogP contribution in [0.2, 0.25) is 0 Å². The van der Waals surface area contributed by atoms with Crippen LogP contribution in [0.25, 0.3) is 0 Å². The molecule has 4 heteroatoms. The number of hydrogen-bond donors (Lipinski definition) is 1. The number of halogens is 2. The Morgan fingerprint density at radius 3 is 2.90 bits per heavy atom. The first-order valence-electron chi connectivity index (χ1n) is 7.03. The van der Waals surface area contributed by atoms with Crippen molar-refractivity contribution in [3.8, 4) is 5.75 Å². The fourth-order valence-electron chi connectivity index (χ4n) is 2.84. The first kappa shape index (κ1) is 14.5. The molecule has 2 aromatic carbocycles. The first-order chi connectivity index (χ1) is 10.2. The zero-order chi connectivity index (χ0) is 14.8. The molecule has 1 aliphatic rings. The second kappa shape index (κ2) is 6.16. The van der Waals surface area contributed by atoms with Crippen LogP contribution in [0, 0.1) is 5.82 Å². The molecule has 0 bridgehead atoms. The van der Waals surface area contributed by atoms with E-state index in [9.17, 15) is 4.39 Å². The van der Waals surface area contributed by atoms with E-state index in [1.807, 2.05) is 19.2 Å². The molecule has 0 saturated heterocycles. The van der Waals surface area contributed by atoms with Crippen molar-refractivity contribution in [2.45, 2.75) is 25.5 Å². The summed E-state index contributed by atoms with van der Waals surface area (Å²) < 4.78 is 19.8. The minimum atomic E-state index is -0.256. The molecule has 0 radical (unpaired) electrons. The van der Waals surface area contributed by atoms with Crippen LogP contribution in [0.1, 0.15) is 29.2 Å². The summed E-state index contributed by atoms with van der Waals surface area (Å²) in [6.07, 6.45) is 2.20. The van der Waals surface area contributed by atoms with Crippen LogP contribution < -0.4 is 10.1 Å². The third-order valence-electron chi connectivity index (χ3n) is 3.87. The molecule has 110 valence electrons. The summed E-state index contributed by atoms with van der Waals surface area (Å²) in [4.78, 5) is 0. The Balaban J connectivity index is 1.71. The molecule has 21 heavy (non-hydrogen) atoms. The van der Waals surface area contributed by atoms with Gasteiger partial charge < -0.3 is 10.1 Å². The van der Waals surface area contributed by atoms with Crippen molar-refractivity contribution in [2.24, 2.45) is 0 Å². The van der Waals surface area contributed by atoms with Gasteiger partial charge in [-0.3, -0.25) is 0 Å². The van der Waals surface area contributed by atoms with Crippen molar-refractivity contribution in [3.05, 3.63) is 63.4 Å². The average Bonchev–Trinajstić information content (AvgIpc) is 2.86. The van der Waals surface area contributed by atoms with Crippen molar-refractivity contribution in [3.63, 3.8) is 0 Å². The van der Waals surface area contributed by atoms with Crippen LogP contribution >= 0.6 is 15.9 Å². The summed E-state index contributed by atoms with van der Waals surface area (Å²) in [7, 11) is 1.99. The van der Waals surface area contributed by atoms with Crippen molar-refractivity contribution in [2.75, 3.05) is 7.05 Å². The van der Waals surface area contributed by atoms with Crippen LogP contribution in [0.15, 0.2) is 40.9 Å². The maximum Gasteiger partial charge on any atom is 0.124 e. The highest BCUT2D eigenvalue weighted by Gasteiger charge is 2.21. The molecule has 1 unspecified atom stereocenters. The van der Waals surface area contributed by atoms with Gasteiger partial charge in [0, 0.05) is 10.5 Å². The molecule has 0 fully saturated rings. The van der Waals surface area contributed by atoms with Gasteiger partial charge in [-0.2, -0.15) is 0 Å². The smallest absolute Gasteiger partial charge is 0.124 e. The summed E-state index contributed by atoms with van der Waals surface area (Å²) in [6, 6.07) is 11.5. The Bertz CT molecular complexity index is 639. The Morgan fingerprint density at radius 2 is 2.14 bits per heavy atom. The highest BCUT2D eigenvalue weighted by Crippen LogP contribution is 2.33. The SMILES string of the molecule is CNC1CCc2cc(OCc3cc(F)cc(Br)c3)ccc21. The highest BCUT2D eigenvalue weighted by molar-refractivity contribution is 9.10. The quantitative estimate of drug-likeness (QED) is 0.884. The molecule has 0 amide bonds. The summed E-state index contributed by atoms with van der Waals surface area (Å²) >= 11 is 3.29. The molecule has 1 N–H and O–H groups in total. The Morgan fingerprint density at radius 1 is 1.29 bits per heavy atom. The number of rotatable bonds is 4. The van der Waals surface area contributed by atoms with Gasteiger partial charge in [-0.25, -0.2) is 4.39 Å². The largest absolute Gasteiger partial charge is 0.489 e. The van der Waals surface area contributed by atoms with Gasteiger partial charge in [0.2, 0.25) is 0 Å². The molecule has 2 nitrogen and oxygen atoms in total. The van der Waals surface area contributed by atoms with Crippen LogP contribution in [0.5, 0.6) is 5.75 Å². The van der Waals surface area contributed by atoms with Crippen LogP contribution in [0.4, 0.5) is 4.39 Å². The number of benzene rings is 2. The van der Waals surface area contributed by atoms with Gasteiger partial charge in [0.05, 0.1) is 0 Å².